The van der Waals surface area contributed by atoms with Crippen molar-refractivity contribution >= 4 is 25.4 Å². The Morgan fingerprint density at radius 1 is 1.12 bits per heavy atom. The van der Waals surface area contributed by atoms with Gasteiger partial charge in [0.2, 0.25) is 11.8 Å². The van der Waals surface area contributed by atoms with E-state index in [-0.39, 0.29) is 44.7 Å². The molecule has 0 atom stereocenters. The number of carbonyl (C=O) groups excluding carboxylic acids is 2. The smallest absolute Gasteiger partial charge is 0.249 e. The SMILES string of the molecule is CC.N=C(Cc1ccc(F)c(O)c1)c1ccccc1C(N)=O.NCCOCCNCC(=O)N1CC[N-]CC1.[B]C.[W]. The molecule has 0 bridgehead atoms. The second kappa shape index (κ2) is 25.1. The Balaban J connectivity index is 0. The molecule has 1 fully saturated rings. The number of hydrogen-bond acceptors (Lipinski definition) is 7. The third-order valence-electron chi connectivity index (χ3n) is 5.28. The number of amides is 2. The first-order chi connectivity index (χ1) is 19.3. The van der Waals surface area contributed by atoms with Crippen LogP contribution in [0.5, 0.6) is 5.75 Å². The van der Waals surface area contributed by atoms with Crippen LogP contribution in [-0.2, 0) is 37.0 Å². The molecule has 13 heteroatoms. The monoisotopic (exact) mass is 741 g/mol. The summed E-state index contributed by atoms with van der Waals surface area (Å²) in [5, 5.41) is 24.6. The van der Waals surface area contributed by atoms with E-state index in [4.69, 9.17) is 21.6 Å². The molecule has 2 aromatic rings. The molecular formula is C28H43BFN6O4W-. The number of nitrogens with one attached hydrogen (secondary N) is 2. The van der Waals surface area contributed by atoms with E-state index in [1.165, 1.54) is 19.0 Å². The third kappa shape index (κ3) is 16.4. The van der Waals surface area contributed by atoms with Crippen molar-refractivity contribution in [2.75, 3.05) is 59.0 Å². The number of nitrogens with two attached hydrogens (primary N) is 2. The molecule has 10 nitrogen and oxygen atoms in total. The van der Waals surface area contributed by atoms with E-state index in [0.29, 0.717) is 44.0 Å². The predicted molar refractivity (Wildman–Crippen MR) is 159 cm³/mol. The zero-order valence-corrected chi connectivity index (χ0v) is 27.1. The number of rotatable bonds is 11. The number of primary amides is 1. The summed E-state index contributed by atoms with van der Waals surface area (Å²) in [4.78, 5) is 24.8. The summed E-state index contributed by atoms with van der Waals surface area (Å²) in [5.74, 6) is -1.63. The Labute approximate surface area is 259 Å². The molecule has 0 unspecified atom stereocenters. The maximum atomic E-state index is 13.0. The van der Waals surface area contributed by atoms with Crippen LogP contribution in [0.3, 0.4) is 0 Å². The van der Waals surface area contributed by atoms with Gasteiger partial charge < -0.3 is 42.3 Å². The number of halogens is 1. The van der Waals surface area contributed by atoms with E-state index in [1.54, 1.807) is 24.3 Å². The Kier molecular flexibility index (Phi) is 24.8. The maximum absolute atomic E-state index is 13.0. The summed E-state index contributed by atoms with van der Waals surface area (Å²) < 4.78 is 18.1. The van der Waals surface area contributed by atoms with Gasteiger partial charge in [0.25, 0.3) is 0 Å². The number of phenolic OH excluding ortho intramolecular Hbond substituents is 1. The standard InChI is InChI=1S/C15H13FN2O2.C10H21N4O2.C2H6.CH3B.W/c16-12-6-5-9(8-14(12)19)7-13(17)10-3-1-2-4-11(10)15(18)20;11-1-7-16-8-4-13-9-10(15)14-5-2-12-3-6-14;2*1-2;/h1-6,8,17,19H,7H2,(H2,18,20);13H,1-9,11H2;1-2H3;1H3;/q;-1;;;. The second-order valence-electron chi connectivity index (χ2n) is 7.98. The Morgan fingerprint density at radius 3 is 2.29 bits per heavy atom. The van der Waals surface area contributed by atoms with Gasteiger partial charge >= 0.3 is 0 Å². The molecule has 7 N–H and O–H groups in total. The molecule has 1 heterocycles. The van der Waals surface area contributed by atoms with Crippen molar-refractivity contribution in [3.63, 3.8) is 0 Å². The first-order valence-electron chi connectivity index (χ1n) is 13.2. The first-order valence-corrected chi connectivity index (χ1v) is 13.2. The maximum Gasteiger partial charge on any atom is 0.249 e. The summed E-state index contributed by atoms with van der Waals surface area (Å²) >= 11 is 0. The fraction of sp³-hybridized carbons (Fsp3) is 0.464. The molecule has 2 aromatic carbocycles. The topological polar surface area (TPSA) is 169 Å². The van der Waals surface area contributed by atoms with Crippen LogP contribution < -0.4 is 16.8 Å². The van der Waals surface area contributed by atoms with Gasteiger partial charge in [0.1, 0.15) is 0 Å². The first kappa shape index (κ1) is 40.5. The van der Waals surface area contributed by atoms with Gasteiger partial charge in [0.15, 0.2) is 11.6 Å². The van der Waals surface area contributed by atoms with Crippen LogP contribution in [-0.4, -0.2) is 94.4 Å². The Hall–Kier alpha value is -2.63. The van der Waals surface area contributed by atoms with E-state index in [2.05, 4.69) is 18.5 Å². The molecule has 2 radical (unpaired) electrons. The molecule has 1 aliphatic rings. The van der Waals surface area contributed by atoms with Crippen molar-refractivity contribution in [1.29, 1.82) is 5.41 Å². The average molecular weight is 741 g/mol. The zero-order valence-electron chi connectivity index (χ0n) is 24.2. The average Bonchev–Trinajstić information content (AvgIpc) is 2.99. The molecule has 0 aromatic heterocycles. The van der Waals surface area contributed by atoms with E-state index >= 15 is 0 Å². The third-order valence-corrected chi connectivity index (χ3v) is 5.28. The van der Waals surface area contributed by atoms with E-state index in [1.807, 2.05) is 18.7 Å². The van der Waals surface area contributed by atoms with Crippen LogP contribution in [0, 0.1) is 11.2 Å². The minimum atomic E-state index is -0.710. The molecular weight excluding hydrogens is 698 g/mol. The van der Waals surface area contributed by atoms with Crippen molar-refractivity contribution < 1.29 is 44.9 Å². The Bertz CT molecular complexity index is 1030. The predicted octanol–water partition coefficient (Wildman–Crippen LogP) is 2.23. The Morgan fingerprint density at radius 2 is 1.73 bits per heavy atom. The van der Waals surface area contributed by atoms with E-state index < -0.39 is 17.5 Å². The molecule has 1 saturated heterocycles. The van der Waals surface area contributed by atoms with Crippen molar-refractivity contribution in [2.24, 2.45) is 11.5 Å². The molecule has 3 rings (SSSR count). The molecule has 0 saturated carbocycles. The number of carbonyl (C=O) groups is 2. The van der Waals surface area contributed by atoms with E-state index in [0.717, 1.165) is 32.2 Å². The minimum absolute atomic E-state index is 0. The van der Waals surface area contributed by atoms with Gasteiger partial charge in [-0.15, -0.1) is 13.1 Å². The molecule has 1 aliphatic heterocycles. The summed E-state index contributed by atoms with van der Waals surface area (Å²) in [6.45, 7) is 11.3. The van der Waals surface area contributed by atoms with Gasteiger partial charge in [-0.25, -0.2) is 4.39 Å². The summed E-state index contributed by atoms with van der Waals surface area (Å²) in [7, 11) is 4.50. The normalized spacial score (nSPS) is 11.7. The van der Waals surface area contributed by atoms with Crippen molar-refractivity contribution in [3.05, 3.63) is 70.3 Å². The molecule has 0 aliphatic carbocycles. The summed E-state index contributed by atoms with van der Waals surface area (Å²) in [6.07, 6.45) is 0.165. The van der Waals surface area contributed by atoms with Crippen LogP contribution >= 0.6 is 0 Å². The van der Waals surface area contributed by atoms with Crippen molar-refractivity contribution in [1.82, 2.24) is 10.2 Å². The quantitative estimate of drug-likeness (QED) is 0.135. The summed E-state index contributed by atoms with van der Waals surface area (Å²) in [6, 6.07) is 10.4. The molecule has 226 valence electrons. The van der Waals surface area contributed by atoms with Gasteiger partial charge in [-0.05, 0) is 23.8 Å². The molecule has 2 amide bonds. The van der Waals surface area contributed by atoms with Crippen molar-refractivity contribution in [3.8, 4) is 5.75 Å². The zero-order chi connectivity index (χ0) is 30.3. The van der Waals surface area contributed by atoms with Crippen LogP contribution in [0.15, 0.2) is 42.5 Å². The van der Waals surface area contributed by atoms with Crippen molar-refractivity contribution in [2.45, 2.75) is 27.1 Å². The van der Waals surface area contributed by atoms with Crippen LogP contribution in [0.1, 0.15) is 35.3 Å². The van der Waals surface area contributed by atoms with Gasteiger partial charge in [-0.3, -0.25) is 9.59 Å². The number of ether oxygens (including phenoxy) is 1. The number of benzene rings is 2. The van der Waals surface area contributed by atoms with Gasteiger partial charge in [-0.2, -0.15) is 0 Å². The van der Waals surface area contributed by atoms with Crippen LogP contribution in [0.4, 0.5) is 4.39 Å². The van der Waals surface area contributed by atoms with Crippen LogP contribution in [0.2, 0.25) is 6.82 Å². The number of piperazine rings is 1. The minimum Gasteiger partial charge on any atom is -0.659 e. The fourth-order valence-electron chi connectivity index (χ4n) is 3.42. The second-order valence-corrected chi connectivity index (χ2v) is 7.98. The van der Waals surface area contributed by atoms with Gasteiger partial charge in [0, 0.05) is 70.5 Å². The van der Waals surface area contributed by atoms with Gasteiger partial charge in [-0.1, -0.05) is 44.9 Å². The van der Waals surface area contributed by atoms with E-state index in [9.17, 15) is 19.1 Å². The van der Waals surface area contributed by atoms with Crippen LogP contribution in [0.25, 0.3) is 5.32 Å². The molecule has 0 spiro atoms. The largest absolute Gasteiger partial charge is 0.659 e. The number of phenols is 1. The summed E-state index contributed by atoms with van der Waals surface area (Å²) in [5.41, 5.74) is 12.0. The number of nitrogens with zero attached hydrogens (tertiary/aromatic N) is 2. The number of aromatic hydroxyl groups is 1. The van der Waals surface area contributed by atoms with Gasteiger partial charge in [0.05, 0.1) is 27.6 Å². The molecule has 41 heavy (non-hydrogen) atoms. The fourth-order valence-corrected chi connectivity index (χ4v) is 3.42. The number of hydrogen-bond donors (Lipinski definition) is 5.